The molecule has 2 rings (SSSR count). The van der Waals surface area contributed by atoms with Crippen LogP contribution in [-0.2, 0) is 13.6 Å². The first-order valence-electron chi connectivity index (χ1n) is 5.31. The van der Waals surface area contributed by atoms with E-state index in [1.54, 1.807) is 15.6 Å². The zero-order chi connectivity index (χ0) is 13.4. The minimum atomic E-state index is -0.0196. The first-order valence-corrected chi connectivity index (χ1v) is 7.18. The smallest absolute Gasteiger partial charge is 0.267 e. The van der Waals surface area contributed by atoms with Gasteiger partial charge in [0.1, 0.15) is 0 Å². The highest BCUT2D eigenvalue weighted by Gasteiger charge is 2.13. The van der Waals surface area contributed by atoms with Gasteiger partial charge in [0.2, 0.25) is 0 Å². The van der Waals surface area contributed by atoms with Crippen molar-refractivity contribution in [2.45, 2.75) is 20.4 Å². The summed E-state index contributed by atoms with van der Waals surface area (Å²) in [5, 5.41) is 4.31. The highest BCUT2D eigenvalue weighted by Crippen LogP contribution is 2.20. The fourth-order valence-electron chi connectivity index (χ4n) is 1.67. The lowest BCUT2D eigenvalue weighted by molar-refractivity contribution is 0.638. The average Bonchev–Trinajstić information content (AvgIpc) is 2.56. The summed E-state index contributed by atoms with van der Waals surface area (Å²) in [5.41, 5.74) is 2.61. The van der Waals surface area contributed by atoms with E-state index in [0.29, 0.717) is 10.1 Å². The monoisotopic (exact) mass is 422 g/mol. The molecule has 0 saturated heterocycles. The quantitative estimate of drug-likeness (QED) is 0.695. The molecule has 0 spiro atoms. The summed E-state index contributed by atoms with van der Waals surface area (Å²) in [5.74, 6) is 0. The zero-order valence-corrected chi connectivity index (χ0v) is 14.0. The Morgan fingerprint density at radius 1 is 1.39 bits per heavy atom. The fourth-order valence-corrected chi connectivity index (χ4v) is 2.58. The van der Waals surface area contributed by atoms with Crippen LogP contribution in [0.4, 0.5) is 0 Å². The van der Waals surface area contributed by atoms with Gasteiger partial charge in [-0.05, 0) is 52.4 Å². The van der Waals surface area contributed by atoms with Crippen molar-refractivity contribution in [2.24, 2.45) is 7.05 Å². The topological polar surface area (TPSA) is 52.7 Å². The van der Waals surface area contributed by atoms with Crippen LogP contribution in [0.5, 0.6) is 0 Å². The van der Waals surface area contributed by atoms with Gasteiger partial charge in [0, 0.05) is 7.05 Å². The van der Waals surface area contributed by atoms with Crippen LogP contribution in [0.25, 0.3) is 0 Å². The summed E-state index contributed by atoms with van der Waals surface area (Å²) >= 11 is 5.52. The first kappa shape index (κ1) is 13.7. The Balaban J connectivity index is 2.47. The summed E-state index contributed by atoms with van der Waals surface area (Å²) in [6.07, 6.45) is 1.58. The molecule has 0 saturated carbocycles. The van der Waals surface area contributed by atoms with Crippen molar-refractivity contribution in [1.29, 1.82) is 0 Å². The van der Waals surface area contributed by atoms with Gasteiger partial charge in [-0.15, -0.1) is 0 Å². The first-order chi connectivity index (χ1) is 8.41. The van der Waals surface area contributed by atoms with E-state index in [4.69, 9.17) is 0 Å². The van der Waals surface area contributed by atoms with Crippen LogP contribution >= 0.6 is 38.5 Å². The number of hydrogen-bond acceptors (Lipinski definition) is 3. The lowest BCUT2D eigenvalue weighted by Gasteiger charge is -2.07. The molecule has 0 bridgehead atoms. The molecule has 0 amide bonds. The van der Waals surface area contributed by atoms with Gasteiger partial charge in [0.25, 0.3) is 5.56 Å². The van der Waals surface area contributed by atoms with Crippen LogP contribution in [0, 0.1) is 17.4 Å². The molecule has 2 heterocycles. The summed E-state index contributed by atoms with van der Waals surface area (Å²) in [4.78, 5) is 16.3. The lowest BCUT2D eigenvalue weighted by Crippen LogP contribution is -2.25. The van der Waals surface area contributed by atoms with E-state index in [-0.39, 0.29) is 5.56 Å². The molecule has 96 valence electrons. The third-order valence-corrected chi connectivity index (χ3v) is 5.01. The second kappa shape index (κ2) is 5.12. The van der Waals surface area contributed by atoms with E-state index >= 15 is 0 Å². The van der Waals surface area contributed by atoms with Gasteiger partial charge < -0.3 is 0 Å². The van der Waals surface area contributed by atoms with Crippen LogP contribution in [0.15, 0.2) is 15.6 Å². The third-order valence-electron chi connectivity index (χ3n) is 2.74. The molecule has 0 aliphatic carbocycles. The Bertz CT molecular complexity index is 662. The maximum Gasteiger partial charge on any atom is 0.267 e. The number of halogens is 2. The molecule has 0 radical (unpaired) electrons. The molecule has 0 fully saturated rings. The average molecular weight is 423 g/mol. The molecule has 0 aliphatic rings. The minimum Gasteiger partial charge on any atom is -0.292 e. The standard InChI is InChI=1S/C11H12BrIN4O/c1-6-9(12)8(16(3)15-6)4-17-5-14-7(2)10(13)11(17)18/h5H,4H2,1-3H3. The largest absolute Gasteiger partial charge is 0.292 e. The van der Waals surface area contributed by atoms with Gasteiger partial charge >= 0.3 is 0 Å². The maximum absolute atomic E-state index is 12.1. The Labute approximate surface area is 126 Å². The van der Waals surface area contributed by atoms with Crippen LogP contribution in [0.2, 0.25) is 0 Å². The van der Waals surface area contributed by atoms with E-state index in [1.165, 1.54) is 0 Å². The van der Waals surface area contributed by atoms with E-state index in [0.717, 1.165) is 21.6 Å². The second-order valence-electron chi connectivity index (χ2n) is 4.05. The highest BCUT2D eigenvalue weighted by molar-refractivity contribution is 14.1. The molecule has 0 unspecified atom stereocenters. The number of nitrogens with zero attached hydrogens (tertiary/aromatic N) is 4. The van der Waals surface area contributed by atoms with Gasteiger partial charge in [-0.1, -0.05) is 0 Å². The zero-order valence-electron chi connectivity index (χ0n) is 10.2. The summed E-state index contributed by atoms with van der Waals surface area (Å²) in [7, 11) is 1.87. The highest BCUT2D eigenvalue weighted by atomic mass is 127. The van der Waals surface area contributed by atoms with Crippen molar-refractivity contribution in [3.8, 4) is 0 Å². The predicted octanol–water partition coefficient (Wildman–Crippen LogP) is 2.01. The van der Waals surface area contributed by atoms with Crippen LogP contribution in [0.3, 0.4) is 0 Å². The number of hydrogen-bond donors (Lipinski definition) is 0. The van der Waals surface area contributed by atoms with Crippen LogP contribution < -0.4 is 5.56 Å². The molecule has 18 heavy (non-hydrogen) atoms. The maximum atomic E-state index is 12.1. The Hall–Kier alpha value is -0.700. The molecule has 0 aromatic carbocycles. The van der Waals surface area contributed by atoms with Gasteiger partial charge in [0.05, 0.1) is 38.0 Å². The number of aromatic nitrogens is 4. The normalized spacial score (nSPS) is 10.9. The summed E-state index contributed by atoms with van der Waals surface area (Å²) < 4.78 is 4.96. The van der Waals surface area contributed by atoms with Crippen molar-refractivity contribution < 1.29 is 0 Å². The van der Waals surface area contributed by atoms with Crippen LogP contribution in [-0.4, -0.2) is 19.3 Å². The van der Waals surface area contributed by atoms with Crippen molar-refractivity contribution in [2.75, 3.05) is 0 Å². The fraction of sp³-hybridized carbons (Fsp3) is 0.364. The van der Waals surface area contributed by atoms with Crippen molar-refractivity contribution in [3.05, 3.63) is 41.8 Å². The van der Waals surface area contributed by atoms with Crippen molar-refractivity contribution >= 4 is 38.5 Å². The van der Waals surface area contributed by atoms with E-state index in [1.807, 2.05) is 43.5 Å². The molecule has 0 N–H and O–H groups in total. The van der Waals surface area contributed by atoms with Crippen molar-refractivity contribution in [1.82, 2.24) is 19.3 Å². The molecular formula is C11H12BrIN4O. The molecule has 5 nitrogen and oxygen atoms in total. The van der Waals surface area contributed by atoms with Gasteiger partial charge in [-0.2, -0.15) is 5.10 Å². The second-order valence-corrected chi connectivity index (χ2v) is 5.92. The van der Waals surface area contributed by atoms with E-state index in [9.17, 15) is 4.79 Å². The molecule has 0 atom stereocenters. The number of rotatable bonds is 2. The molecule has 0 aliphatic heterocycles. The molecule has 2 aromatic rings. The number of aryl methyl sites for hydroxylation is 3. The lowest BCUT2D eigenvalue weighted by atomic mass is 10.3. The Morgan fingerprint density at radius 3 is 2.61 bits per heavy atom. The molecular weight excluding hydrogens is 411 g/mol. The van der Waals surface area contributed by atoms with E-state index in [2.05, 4.69) is 26.0 Å². The molecule has 7 heteroatoms. The van der Waals surface area contributed by atoms with Crippen LogP contribution in [0.1, 0.15) is 17.1 Å². The minimum absolute atomic E-state index is 0.0196. The van der Waals surface area contributed by atoms with Crippen molar-refractivity contribution in [3.63, 3.8) is 0 Å². The summed E-state index contributed by atoms with van der Waals surface area (Å²) in [6, 6.07) is 0. The predicted molar refractivity (Wildman–Crippen MR) is 80.7 cm³/mol. The van der Waals surface area contributed by atoms with Gasteiger partial charge in [-0.3, -0.25) is 14.0 Å². The Kier molecular flexibility index (Phi) is 3.90. The molecule has 2 aromatic heterocycles. The SMILES string of the molecule is Cc1nn(C)c(Cn2cnc(C)c(I)c2=O)c1Br. The third kappa shape index (κ3) is 2.37. The Morgan fingerprint density at radius 2 is 2.06 bits per heavy atom. The van der Waals surface area contributed by atoms with E-state index < -0.39 is 0 Å². The summed E-state index contributed by atoms with van der Waals surface area (Å²) in [6.45, 7) is 4.21. The van der Waals surface area contributed by atoms with Gasteiger partial charge in [0.15, 0.2) is 0 Å². The van der Waals surface area contributed by atoms with Gasteiger partial charge in [-0.25, -0.2) is 4.98 Å².